The van der Waals surface area contributed by atoms with Crippen molar-refractivity contribution in [2.75, 3.05) is 21.3 Å². The maximum atomic E-state index is 13.1. The number of benzene rings is 10. The lowest BCUT2D eigenvalue weighted by Gasteiger charge is -2.28. The molecular formula is C103H123N7O24. The Morgan fingerprint density at radius 3 is 0.843 bits per heavy atom. The van der Waals surface area contributed by atoms with E-state index in [1.54, 1.807) is 166 Å². The van der Waals surface area contributed by atoms with Crippen LogP contribution in [-0.2, 0) is 109 Å². The van der Waals surface area contributed by atoms with E-state index < -0.39 is 17.9 Å². The van der Waals surface area contributed by atoms with Crippen LogP contribution in [-0.4, -0.2) is 101 Å². The van der Waals surface area contributed by atoms with Gasteiger partial charge >= 0.3 is 35.8 Å². The molecule has 134 heavy (non-hydrogen) atoms. The monoisotopic (exact) mass is 1840 g/mol. The van der Waals surface area contributed by atoms with Crippen LogP contribution in [0, 0.1) is 33.6 Å². The number of rotatable bonds is 22. The van der Waals surface area contributed by atoms with Gasteiger partial charge in [-0.1, -0.05) is 126 Å². The minimum Gasteiger partial charge on any atom is -0.508 e. The van der Waals surface area contributed by atoms with Crippen LogP contribution in [0.25, 0.3) is 0 Å². The molecule has 11 rings (SSSR count). The fourth-order valence-corrected chi connectivity index (χ4v) is 12.6. The van der Waals surface area contributed by atoms with E-state index in [9.17, 15) is 78.3 Å². The highest BCUT2D eigenvalue weighted by Gasteiger charge is 2.37. The summed E-state index contributed by atoms with van der Waals surface area (Å²) in [6, 6.07) is 53.0. The highest BCUT2D eigenvalue weighted by atomic mass is 16.7. The number of phenolic OH excluding ortho intramolecular Hbond substituents is 7. The molecule has 10 aromatic carbocycles. The lowest BCUT2D eigenvalue weighted by molar-refractivity contribution is -0.149. The van der Waals surface area contributed by atoms with Crippen molar-refractivity contribution in [2.24, 2.45) is 5.92 Å². The average Bonchev–Trinajstić information content (AvgIpc) is 1.28. The van der Waals surface area contributed by atoms with E-state index in [-0.39, 0.29) is 110 Å². The van der Waals surface area contributed by atoms with Gasteiger partial charge in [0.05, 0.1) is 42.4 Å². The van der Waals surface area contributed by atoms with E-state index in [1.807, 2.05) is 79.7 Å². The predicted octanol–water partition coefficient (Wildman–Crippen LogP) is 18.1. The first kappa shape index (κ1) is 110. The quantitative estimate of drug-likeness (QED) is 0.0130. The number of ketones is 3. The molecule has 714 valence electrons. The molecule has 1 aliphatic heterocycles. The van der Waals surface area contributed by atoms with Crippen LogP contribution in [0.2, 0.25) is 0 Å². The highest BCUT2D eigenvalue weighted by Crippen LogP contribution is 2.42. The number of anilines is 4. The molecule has 0 spiro atoms. The zero-order chi connectivity index (χ0) is 101. The van der Waals surface area contributed by atoms with Crippen LogP contribution in [0.1, 0.15) is 247 Å². The molecule has 31 heteroatoms. The molecule has 0 saturated carbocycles. The number of aryl methyl sites for hydroxylation is 4. The normalized spacial score (nSPS) is 12.0. The van der Waals surface area contributed by atoms with Crippen molar-refractivity contribution in [3.63, 3.8) is 0 Å². The van der Waals surface area contributed by atoms with Crippen molar-refractivity contribution in [1.29, 1.82) is 0 Å². The lowest BCUT2D eigenvalue weighted by Crippen LogP contribution is -2.29. The molecule has 31 nitrogen and oxygen atoms in total. The molecule has 2 amide bonds. The van der Waals surface area contributed by atoms with Crippen molar-refractivity contribution in [1.82, 2.24) is 16.4 Å². The van der Waals surface area contributed by atoms with E-state index in [2.05, 4.69) is 93.8 Å². The number of carbonyl (C=O) groups is 11. The Balaban J connectivity index is 0.000000280. The number of hydroxylamine groups is 3. The van der Waals surface area contributed by atoms with Crippen LogP contribution in [0.4, 0.5) is 22.7 Å². The van der Waals surface area contributed by atoms with Gasteiger partial charge in [0.2, 0.25) is 11.8 Å². The molecule has 1 atom stereocenters. The molecule has 0 aliphatic carbocycles. The van der Waals surface area contributed by atoms with Gasteiger partial charge in [-0.15, -0.1) is 16.4 Å². The lowest BCUT2D eigenvalue weighted by atomic mass is 9.77. The molecule has 1 heterocycles. The number of aromatic hydroxyl groups is 7. The molecule has 1 saturated heterocycles. The Bertz CT molecular complexity index is 5640. The molecule has 1 aliphatic rings. The summed E-state index contributed by atoms with van der Waals surface area (Å²) in [5, 5.41) is 68.0. The zero-order valence-electron chi connectivity index (χ0n) is 79.9. The molecule has 1 unspecified atom stereocenters. The maximum Gasteiger partial charge on any atom is 0.329 e. The van der Waals surface area contributed by atoms with Crippen molar-refractivity contribution >= 4 is 87.7 Å². The molecule has 0 aromatic heterocycles. The van der Waals surface area contributed by atoms with E-state index in [4.69, 9.17) is 19.9 Å². The number of amides is 2. The maximum absolute atomic E-state index is 13.1. The molecule has 13 N–H and O–H groups in total. The Kier molecular flexibility index (Phi) is 40.8. The van der Waals surface area contributed by atoms with E-state index in [1.165, 1.54) is 70.7 Å². The molecule has 10 aromatic rings. The van der Waals surface area contributed by atoms with Gasteiger partial charge in [0.15, 0.2) is 17.3 Å². The average molecular weight is 1840 g/mol. The summed E-state index contributed by atoms with van der Waals surface area (Å²) in [6.07, 6.45) is 0.264. The largest absolute Gasteiger partial charge is 0.508 e. The smallest absolute Gasteiger partial charge is 0.329 e. The highest BCUT2D eigenvalue weighted by molar-refractivity contribution is 6.21. The third-order valence-electron chi connectivity index (χ3n) is 19.5. The van der Waals surface area contributed by atoms with Crippen LogP contribution >= 0.6 is 0 Å². The topological polar surface area (TPSA) is 460 Å². The number of imide groups is 1. The first-order valence-corrected chi connectivity index (χ1v) is 42.5. The molecule has 0 radical (unpaired) electrons. The van der Waals surface area contributed by atoms with Crippen molar-refractivity contribution < 1.29 is 118 Å². The van der Waals surface area contributed by atoms with Crippen molar-refractivity contribution in [2.45, 2.75) is 207 Å². The fourth-order valence-electron chi connectivity index (χ4n) is 12.6. The van der Waals surface area contributed by atoms with Gasteiger partial charge in [0.1, 0.15) is 40.2 Å². The fraction of sp³-hybridized carbons (Fsp3) is 0.311. The number of nitrogens with zero attached hydrogens (tertiary/aromatic N) is 1. The molecule has 1 fully saturated rings. The Hall–Kier alpha value is -15.0. The minimum atomic E-state index is -0.450. The van der Waals surface area contributed by atoms with E-state index in [0.29, 0.717) is 98.4 Å². The number of nitrogens with one attached hydrogen (secondary N) is 6. The van der Waals surface area contributed by atoms with Gasteiger partial charge in [0, 0.05) is 98.4 Å². The molecule has 0 bridgehead atoms. The summed E-state index contributed by atoms with van der Waals surface area (Å²) in [6.45, 7) is 42.5. The number of hydrogen-bond acceptors (Lipinski definition) is 30. The summed E-state index contributed by atoms with van der Waals surface area (Å²) in [7, 11) is 0. The van der Waals surface area contributed by atoms with Gasteiger partial charge in [-0.3, -0.25) is 57.6 Å². The van der Waals surface area contributed by atoms with Gasteiger partial charge < -0.3 is 64.8 Å². The zero-order valence-corrected chi connectivity index (χ0v) is 79.9. The van der Waals surface area contributed by atoms with E-state index >= 15 is 0 Å². The third kappa shape index (κ3) is 35.7. The second kappa shape index (κ2) is 49.9. The van der Waals surface area contributed by atoms with Crippen LogP contribution in [0.5, 0.6) is 40.2 Å². The van der Waals surface area contributed by atoms with Crippen molar-refractivity contribution in [3.05, 3.63) is 289 Å². The third-order valence-corrected chi connectivity index (χ3v) is 19.5. The SMILES string of the molecule is CC(=O)ONCc1cc(C(C)(C)C)c(O)c(C(C)(C)C)c1.CC(=O)ONCc1cc(C)c(O)c(C)c1.CC(=O)ONCc1ccc(O)cc1.CC(=O)ONc1ccc(C(=O)c2cc(C(C)(C)C)c(O)c(C(C)(C)C)c2)cc1.CC(=O)ONc1ccc(C(=O)c2cc(C)c(O)c(C)c2)cc1.CC(=O)ONc1ccc(C(=O)c2ccc(O)cc2)cc1.CC1CC(=O)N(c2ccc(O)cc2)C1=O. The summed E-state index contributed by atoms with van der Waals surface area (Å²) in [5.74, 6) is -1.92. The number of phenols is 7. The van der Waals surface area contributed by atoms with Crippen LogP contribution in [0.15, 0.2) is 194 Å². The van der Waals surface area contributed by atoms with Crippen LogP contribution in [0.3, 0.4) is 0 Å². The first-order chi connectivity index (χ1) is 62.4. The first-order valence-electron chi connectivity index (χ1n) is 42.5. The van der Waals surface area contributed by atoms with Gasteiger partial charge in [0.25, 0.3) is 0 Å². The summed E-state index contributed by atoms with van der Waals surface area (Å²) < 4.78 is 0. The van der Waals surface area contributed by atoms with Crippen molar-refractivity contribution in [3.8, 4) is 40.2 Å². The van der Waals surface area contributed by atoms with Gasteiger partial charge in [-0.2, -0.15) is 0 Å². The van der Waals surface area contributed by atoms with E-state index in [0.717, 1.165) is 50.1 Å². The predicted molar refractivity (Wildman–Crippen MR) is 508 cm³/mol. The Labute approximate surface area is 780 Å². The summed E-state index contributed by atoms with van der Waals surface area (Å²) >= 11 is 0. The van der Waals surface area contributed by atoms with Crippen LogP contribution < -0.4 is 37.8 Å². The summed E-state index contributed by atoms with van der Waals surface area (Å²) in [5.41, 5.74) is 28.6. The minimum absolute atomic E-state index is 0.113. The Morgan fingerprint density at radius 1 is 0.313 bits per heavy atom. The number of carbonyl (C=O) groups excluding carboxylic acids is 11. The second-order valence-electron chi connectivity index (χ2n) is 35.4. The Morgan fingerprint density at radius 2 is 0.560 bits per heavy atom. The molecular weight excluding hydrogens is 1720 g/mol. The summed E-state index contributed by atoms with van der Waals surface area (Å²) in [4.78, 5) is 154. The van der Waals surface area contributed by atoms with Gasteiger partial charge in [-0.05, 0) is 257 Å². The second-order valence-corrected chi connectivity index (χ2v) is 35.4. The standard InChI is InChI=1S/C23H29NO4.C17H17NO4.C17H27NO3.C15H13NO4.C11H11NO3.C11H15NO3.C9H11NO3/c1-14(25)28-24-17-10-8-15(9-11-17)20(26)16-12-18(22(2,3)4)21(27)19(13-16)23(5,6)7;1-10-8-14(9-11(2)16(10)20)17(21)13-4-6-15(7-5-13)18-22-12(3)19;1-11(19)21-18-10-12-8-13(16(2,3)4)15(20)14(9-12)17(5,6)7;1-10(17)20-16-13-6-2-11(3-7-13)15(19)12-4-8-14(18)9-5-12;1-7-6-10(14)12(11(7)15)8-2-4-9(13)5-3-8;1-7-4-10(5-8(2)11(7)14)6-12-15-9(3)13;1-7(11)13-10-6-8-2-4-9(12)5-3-8/h8-13,24,27H,1-7H3;4-9,18,20H,1-3H3;8-9,18,20H,10H2,1-7H3;2-9,16,18H,1H3;2-5,7,13H,6H2,1H3;4-5,12,14H,6H2,1-3H3;2-5,10,12H,6H2,1H3. The number of hydrogen-bond donors (Lipinski definition) is 13. The van der Waals surface area contributed by atoms with Gasteiger partial charge in [-0.25, -0.2) is 16.4 Å².